The van der Waals surface area contributed by atoms with Gasteiger partial charge < -0.3 is 9.97 Å². The molecular formula is C36H36N8. The Hall–Kier alpha value is -5.50. The first kappa shape index (κ1) is 30.0. The Morgan fingerprint density at radius 3 is 1.36 bits per heavy atom. The molecule has 0 saturated carbocycles. The summed E-state index contributed by atoms with van der Waals surface area (Å²) in [5, 5.41) is 0. The van der Waals surface area contributed by atoms with Gasteiger partial charge in [-0.2, -0.15) is 0 Å². The Kier molecular flexibility index (Phi) is 9.00. The molecule has 5 rings (SSSR count). The van der Waals surface area contributed by atoms with Crippen LogP contribution in [0.4, 0.5) is 0 Å². The summed E-state index contributed by atoms with van der Waals surface area (Å²) in [7, 11) is 0. The van der Waals surface area contributed by atoms with E-state index in [2.05, 4.69) is 16.5 Å². The highest BCUT2D eigenvalue weighted by Crippen LogP contribution is 2.32. The summed E-state index contributed by atoms with van der Waals surface area (Å²) in [4.78, 5) is 36.8. The van der Waals surface area contributed by atoms with Gasteiger partial charge in [-0.05, 0) is 47.6 Å². The molecule has 2 N–H and O–H groups in total. The maximum absolute atomic E-state index is 5.09. The Labute approximate surface area is 257 Å². The molecule has 5 heterocycles. The molecule has 8 heteroatoms. The number of allylic oxidation sites excluding steroid dienone is 12. The van der Waals surface area contributed by atoms with Crippen LogP contribution in [0.2, 0.25) is 0 Å². The molecule has 0 aromatic carbocycles. The van der Waals surface area contributed by atoms with Crippen molar-refractivity contribution >= 4 is 69.7 Å². The first-order chi connectivity index (χ1) is 21.5. The molecule has 3 aromatic rings. The van der Waals surface area contributed by atoms with Crippen LogP contribution in [0.1, 0.15) is 87.1 Å². The van der Waals surface area contributed by atoms with E-state index in [0.717, 1.165) is 39.0 Å². The first-order valence-corrected chi connectivity index (χ1v) is 14.7. The standard InChI is InChI=1S/C36H36N8/c1-8-15-22-21-29-37-30(22)39-33-25(17-10-3)26(18-11-4)35(42-33)44-36-28(20-13-6)27(19-12-5)34(43-36)41-32-24(16-9-2)23(14-7)31(38-29)40-32/h8-21H,7H2,1-6H3,(H2,37,38,39,40,41,42,43,44)/b15-8-,16-9-,17-10-,18-11-,19-12-,20-13-. The number of nitrogens with one attached hydrogen (secondary N) is 2. The number of hydrogen-bond acceptors (Lipinski definition) is 6. The molecule has 0 spiro atoms. The number of fused-ring (bicyclic) bond motifs is 8. The smallest absolute Gasteiger partial charge is 0.164 e. The lowest BCUT2D eigenvalue weighted by atomic mass is 10.1. The van der Waals surface area contributed by atoms with E-state index in [-0.39, 0.29) is 0 Å². The Morgan fingerprint density at radius 2 is 0.909 bits per heavy atom. The van der Waals surface area contributed by atoms with Gasteiger partial charge in [0, 0.05) is 39.0 Å². The van der Waals surface area contributed by atoms with E-state index in [9.17, 15) is 0 Å². The van der Waals surface area contributed by atoms with Gasteiger partial charge in [-0.1, -0.05) is 85.6 Å². The predicted molar refractivity (Wildman–Crippen MR) is 186 cm³/mol. The Morgan fingerprint density at radius 1 is 0.477 bits per heavy atom. The molecule has 8 nitrogen and oxygen atoms in total. The maximum atomic E-state index is 5.09. The molecule has 0 atom stereocenters. The minimum absolute atomic E-state index is 0.517. The maximum Gasteiger partial charge on any atom is 0.164 e. The normalized spacial score (nSPS) is 14.2. The van der Waals surface area contributed by atoms with Gasteiger partial charge in [0.05, 0.1) is 0 Å². The van der Waals surface area contributed by atoms with Gasteiger partial charge >= 0.3 is 0 Å². The minimum atomic E-state index is 0.517. The van der Waals surface area contributed by atoms with E-state index < -0.39 is 0 Å². The molecule has 0 unspecified atom stereocenters. The van der Waals surface area contributed by atoms with Crippen LogP contribution in [0.3, 0.4) is 0 Å². The number of rotatable bonds is 7. The van der Waals surface area contributed by atoms with E-state index in [1.54, 1.807) is 6.08 Å². The predicted octanol–water partition coefficient (Wildman–Crippen LogP) is 8.82. The third-order valence-electron chi connectivity index (χ3n) is 6.92. The van der Waals surface area contributed by atoms with Crippen molar-refractivity contribution in [3.05, 3.63) is 107 Å². The average molecular weight is 581 g/mol. The third-order valence-corrected chi connectivity index (χ3v) is 6.92. The second kappa shape index (κ2) is 13.2. The largest absolute Gasteiger partial charge is 0.324 e. The molecule has 3 aromatic heterocycles. The summed E-state index contributed by atoms with van der Waals surface area (Å²) in [6, 6.07) is 0. The molecule has 0 fully saturated rings. The number of nitrogens with zero attached hydrogens (tertiary/aromatic N) is 6. The van der Waals surface area contributed by atoms with Crippen molar-refractivity contribution in [2.75, 3.05) is 0 Å². The lowest BCUT2D eigenvalue weighted by Gasteiger charge is -1.98. The van der Waals surface area contributed by atoms with Crippen LogP contribution in [0.15, 0.2) is 61.3 Å². The van der Waals surface area contributed by atoms with Gasteiger partial charge in [-0.3, -0.25) is 0 Å². The quantitative estimate of drug-likeness (QED) is 0.289. The van der Waals surface area contributed by atoms with Crippen LogP contribution >= 0.6 is 0 Å². The SMILES string of the molecule is C=Cc1c(/C=C\C)c2nc3nc(nc4[nH]c(nc5nc(nc1[nH]2)C=C5/C=C\C)c(/C=C\C)c4/C=C\C)C(/C=C\C)=C3/C=C\C. The van der Waals surface area contributed by atoms with Crippen LogP contribution in [0, 0.1) is 0 Å². The summed E-state index contributed by atoms with van der Waals surface area (Å²) < 4.78 is 0. The van der Waals surface area contributed by atoms with Gasteiger partial charge in [0.25, 0.3) is 0 Å². The molecule has 2 aliphatic rings. The summed E-state index contributed by atoms with van der Waals surface area (Å²) in [6.07, 6.45) is 27.6. The zero-order chi connectivity index (χ0) is 31.2. The zero-order valence-electron chi connectivity index (χ0n) is 26.0. The fraction of sp³-hybridized carbons (Fsp3) is 0.167. The Bertz CT molecular complexity index is 2040. The van der Waals surface area contributed by atoms with E-state index in [0.29, 0.717) is 45.9 Å². The van der Waals surface area contributed by atoms with Crippen molar-refractivity contribution in [1.29, 1.82) is 0 Å². The van der Waals surface area contributed by atoms with Gasteiger partial charge in [-0.15, -0.1) is 0 Å². The van der Waals surface area contributed by atoms with E-state index >= 15 is 0 Å². The molecular weight excluding hydrogens is 544 g/mol. The minimum Gasteiger partial charge on any atom is -0.324 e. The highest BCUT2D eigenvalue weighted by Gasteiger charge is 2.21. The van der Waals surface area contributed by atoms with Gasteiger partial charge in [-0.25, -0.2) is 29.9 Å². The van der Waals surface area contributed by atoms with Crippen LogP contribution in [-0.4, -0.2) is 39.9 Å². The van der Waals surface area contributed by atoms with Crippen molar-refractivity contribution < 1.29 is 0 Å². The molecule has 0 aliphatic carbocycles. The fourth-order valence-electron chi connectivity index (χ4n) is 5.15. The number of H-pyrrole nitrogens is 2. The van der Waals surface area contributed by atoms with Crippen molar-refractivity contribution in [2.24, 2.45) is 0 Å². The molecule has 44 heavy (non-hydrogen) atoms. The average Bonchev–Trinajstić information content (AvgIpc) is 3.71. The summed E-state index contributed by atoms with van der Waals surface area (Å²) in [5.74, 6) is 2.15. The number of aromatic amines is 2. The van der Waals surface area contributed by atoms with Crippen molar-refractivity contribution in [3.8, 4) is 0 Å². The van der Waals surface area contributed by atoms with Crippen LogP contribution in [0.5, 0.6) is 0 Å². The lowest BCUT2D eigenvalue weighted by molar-refractivity contribution is 1.10. The first-order valence-electron chi connectivity index (χ1n) is 14.7. The van der Waals surface area contributed by atoms with E-state index in [4.69, 9.17) is 29.9 Å². The molecule has 2 aliphatic heterocycles. The second-order valence-corrected chi connectivity index (χ2v) is 9.93. The van der Waals surface area contributed by atoms with Gasteiger partial charge in [0.15, 0.2) is 23.3 Å². The van der Waals surface area contributed by atoms with Crippen LogP contribution in [-0.2, 0) is 0 Å². The van der Waals surface area contributed by atoms with Crippen LogP contribution < -0.4 is 0 Å². The monoisotopic (exact) mass is 580 g/mol. The van der Waals surface area contributed by atoms with Crippen LogP contribution in [0.25, 0.3) is 69.7 Å². The highest BCUT2D eigenvalue weighted by molar-refractivity contribution is 6.00. The molecule has 8 bridgehead atoms. The molecule has 0 radical (unpaired) electrons. The molecule has 0 saturated heterocycles. The number of aromatic nitrogens is 8. The van der Waals surface area contributed by atoms with E-state index in [1.165, 1.54) is 0 Å². The summed E-state index contributed by atoms with van der Waals surface area (Å²) in [6.45, 7) is 15.9. The Balaban J connectivity index is 2.07. The van der Waals surface area contributed by atoms with E-state index in [1.807, 2.05) is 121 Å². The van der Waals surface area contributed by atoms with Crippen molar-refractivity contribution in [1.82, 2.24) is 39.9 Å². The topological polar surface area (TPSA) is 109 Å². The fourth-order valence-corrected chi connectivity index (χ4v) is 5.15. The van der Waals surface area contributed by atoms with Crippen molar-refractivity contribution in [2.45, 2.75) is 41.5 Å². The zero-order valence-corrected chi connectivity index (χ0v) is 26.0. The second-order valence-electron chi connectivity index (χ2n) is 9.93. The molecule has 0 amide bonds. The van der Waals surface area contributed by atoms with Gasteiger partial charge in [0.1, 0.15) is 22.6 Å². The summed E-state index contributed by atoms with van der Waals surface area (Å²) in [5.41, 5.74) is 8.54. The highest BCUT2D eigenvalue weighted by atomic mass is 15.1. The van der Waals surface area contributed by atoms with Crippen molar-refractivity contribution in [3.63, 3.8) is 0 Å². The lowest BCUT2D eigenvalue weighted by Crippen LogP contribution is -1.88. The third kappa shape index (κ3) is 5.62. The number of hydrogen-bond donors (Lipinski definition) is 2. The molecule has 220 valence electrons. The van der Waals surface area contributed by atoms with Gasteiger partial charge in [0.2, 0.25) is 0 Å². The summed E-state index contributed by atoms with van der Waals surface area (Å²) >= 11 is 0.